The van der Waals surface area contributed by atoms with E-state index in [1.54, 1.807) is 14.1 Å². The number of hydrogen-bond donors (Lipinski definition) is 0. The summed E-state index contributed by atoms with van der Waals surface area (Å²) in [5.74, 6) is -0.930. The van der Waals surface area contributed by atoms with Crippen molar-refractivity contribution in [3.8, 4) is 0 Å². The first-order chi connectivity index (χ1) is 13.5. The molecule has 0 aromatic carbocycles. The van der Waals surface area contributed by atoms with Crippen LogP contribution in [0.1, 0.15) is 110 Å². The lowest BCUT2D eigenvalue weighted by Gasteiger charge is -2.07. The fraction of sp³-hybridized carbons (Fsp3) is 0.864. The Kier molecular flexibility index (Phi) is 18.5. The maximum atomic E-state index is 11.6. The monoisotopic (exact) mass is 416 g/mol. The fourth-order valence-corrected chi connectivity index (χ4v) is 3.20. The second-order valence-electron chi connectivity index (χ2n) is 7.74. The largest absolute Gasteiger partial charge is 0.343 e. The van der Waals surface area contributed by atoms with Crippen molar-refractivity contribution in [2.75, 3.05) is 14.1 Å². The molecule has 0 atom stereocenters. The van der Waals surface area contributed by atoms with Crippen molar-refractivity contribution in [3.05, 3.63) is 0 Å². The van der Waals surface area contributed by atoms with Crippen LogP contribution in [-0.4, -0.2) is 36.0 Å². The van der Waals surface area contributed by atoms with Gasteiger partial charge in [-0.25, -0.2) is 4.79 Å². The molecule has 1 amide bonds. The molecule has 0 aromatic heterocycles. The van der Waals surface area contributed by atoms with E-state index in [1.807, 2.05) is 0 Å². The minimum atomic E-state index is -0.485. The van der Waals surface area contributed by atoms with E-state index in [4.69, 9.17) is 11.6 Å². The van der Waals surface area contributed by atoms with E-state index >= 15 is 0 Å². The van der Waals surface area contributed by atoms with E-state index in [1.165, 1.54) is 81.9 Å². The highest BCUT2D eigenvalue weighted by Gasteiger charge is 2.12. The Morgan fingerprint density at radius 2 is 1.14 bits per heavy atom. The zero-order chi connectivity index (χ0) is 21.0. The molecule has 0 fully saturated rings. The number of amides is 1. The van der Waals surface area contributed by atoms with Gasteiger partial charge in [-0.05, 0) is 6.42 Å². The number of carbonyl (C=O) groups is 2. The summed E-state index contributed by atoms with van der Waals surface area (Å²) in [6, 6.07) is 0. The van der Waals surface area contributed by atoms with Crippen molar-refractivity contribution < 1.29 is 14.4 Å². The van der Waals surface area contributed by atoms with E-state index in [-0.39, 0.29) is 5.17 Å². The molecule has 0 unspecified atom stereocenters. The molecule has 0 aliphatic carbocycles. The molecule has 164 valence electrons. The third-order valence-corrected chi connectivity index (χ3v) is 5.03. The highest BCUT2D eigenvalue weighted by atomic mass is 35.5. The van der Waals surface area contributed by atoms with Gasteiger partial charge in [0.25, 0.3) is 5.91 Å². The summed E-state index contributed by atoms with van der Waals surface area (Å²) < 4.78 is 0. The van der Waals surface area contributed by atoms with Crippen molar-refractivity contribution in [1.82, 2.24) is 4.90 Å². The molecule has 0 aliphatic heterocycles. The highest BCUT2D eigenvalue weighted by molar-refractivity contribution is 6.82. The molecule has 0 rings (SSSR count). The van der Waals surface area contributed by atoms with Crippen LogP contribution in [0.4, 0.5) is 0 Å². The molecular weight excluding hydrogens is 376 g/mol. The number of rotatable bonds is 18. The lowest BCUT2D eigenvalue weighted by Crippen LogP contribution is -2.27. The number of nitrogens with zero attached hydrogens (tertiary/aromatic N) is 2. The predicted molar refractivity (Wildman–Crippen MR) is 118 cm³/mol. The first-order valence-corrected chi connectivity index (χ1v) is 11.5. The molecule has 28 heavy (non-hydrogen) atoms. The molecule has 0 radical (unpaired) electrons. The van der Waals surface area contributed by atoms with Crippen LogP contribution < -0.4 is 0 Å². The summed E-state index contributed by atoms with van der Waals surface area (Å²) in [4.78, 5) is 28.9. The number of carbonyl (C=O) groups excluding carboxylic acids is 2. The molecule has 0 spiro atoms. The van der Waals surface area contributed by atoms with Crippen LogP contribution in [0.25, 0.3) is 0 Å². The number of hydrogen-bond acceptors (Lipinski definition) is 4. The van der Waals surface area contributed by atoms with Crippen molar-refractivity contribution >= 4 is 28.6 Å². The Hall–Kier alpha value is -1.10. The minimum absolute atomic E-state index is 0.308. The van der Waals surface area contributed by atoms with Crippen LogP contribution in [0, 0.1) is 0 Å². The van der Waals surface area contributed by atoms with Gasteiger partial charge in [0.05, 0.1) is 0 Å². The third kappa shape index (κ3) is 17.0. The van der Waals surface area contributed by atoms with E-state index in [9.17, 15) is 9.59 Å². The zero-order valence-electron chi connectivity index (χ0n) is 18.3. The van der Waals surface area contributed by atoms with Gasteiger partial charge in [0.1, 0.15) is 0 Å². The van der Waals surface area contributed by atoms with E-state index < -0.39 is 11.9 Å². The Balaban J connectivity index is 3.38. The second-order valence-corrected chi connectivity index (χ2v) is 8.10. The molecule has 0 bridgehead atoms. The first kappa shape index (κ1) is 26.9. The minimum Gasteiger partial charge on any atom is -0.343 e. The Bertz CT molecular complexity index is 439. The zero-order valence-corrected chi connectivity index (χ0v) is 19.1. The molecule has 0 aromatic rings. The summed E-state index contributed by atoms with van der Waals surface area (Å²) in [6.07, 6.45) is 19.6. The van der Waals surface area contributed by atoms with Crippen molar-refractivity contribution in [3.63, 3.8) is 0 Å². The van der Waals surface area contributed by atoms with Crippen molar-refractivity contribution in [1.29, 1.82) is 0 Å². The Morgan fingerprint density at radius 3 is 1.54 bits per heavy atom. The average molecular weight is 417 g/mol. The summed E-state index contributed by atoms with van der Waals surface area (Å²) >= 11 is 5.65. The molecule has 5 nitrogen and oxygen atoms in total. The SMILES string of the molecule is CCCCCCCCCCCCCCCCCC(=O)ON=C(Cl)C(=O)N(C)C. The van der Waals surface area contributed by atoms with Gasteiger partial charge in [0.15, 0.2) is 0 Å². The molecule has 0 saturated heterocycles. The summed E-state index contributed by atoms with van der Waals surface area (Å²) in [7, 11) is 3.11. The molecular formula is C22H41ClN2O3. The Labute approximate surface area is 177 Å². The van der Waals surface area contributed by atoms with Gasteiger partial charge in [0.2, 0.25) is 5.17 Å². The van der Waals surface area contributed by atoms with Gasteiger partial charge in [-0.2, -0.15) is 0 Å². The predicted octanol–water partition coefficient (Wildman–Crippen LogP) is 6.43. The second kappa shape index (κ2) is 19.2. The smallest absolute Gasteiger partial charge is 0.335 e. The van der Waals surface area contributed by atoms with E-state index in [0.717, 1.165) is 19.3 Å². The maximum absolute atomic E-state index is 11.6. The lowest BCUT2D eigenvalue weighted by atomic mass is 10.0. The van der Waals surface area contributed by atoms with Gasteiger partial charge < -0.3 is 9.74 Å². The topological polar surface area (TPSA) is 59.0 Å². The van der Waals surface area contributed by atoms with E-state index in [0.29, 0.717) is 6.42 Å². The molecule has 6 heteroatoms. The maximum Gasteiger partial charge on any atom is 0.335 e. The van der Waals surface area contributed by atoms with Crippen LogP contribution in [-0.2, 0) is 14.4 Å². The summed E-state index contributed by atoms with van der Waals surface area (Å²) in [5.41, 5.74) is 0. The summed E-state index contributed by atoms with van der Waals surface area (Å²) in [6.45, 7) is 2.26. The molecule has 0 heterocycles. The average Bonchev–Trinajstić information content (AvgIpc) is 2.68. The van der Waals surface area contributed by atoms with Gasteiger partial charge in [-0.3, -0.25) is 4.79 Å². The molecule has 0 N–H and O–H groups in total. The fourth-order valence-electron chi connectivity index (χ4n) is 3.00. The van der Waals surface area contributed by atoms with Gasteiger partial charge in [-0.1, -0.05) is 114 Å². The van der Waals surface area contributed by atoms with Gasteiger partial charge in [0, 0.05) is 20.5 Å². The lowest BCUT2D eigenvalue weighted by molar-refractivity contribution is -0.143. The third-order valence-electron chi connectivity index (χ3n) is 4.79. The highest BCUT2D eigenvalue weighted by Crippen LogP contribution is 2.13. The van der Waals surface area contributed by atoms with Gasteiger partial charge in [-0.15, -0.1) is 0 Å². The number of unbranched alkanes of at least 4 members (excludes halogenated alkanes) is 14. The molecule has 0 aliphatic rings. The van der Waals surface area contributed by atoms with Crippen LogP contribution in [0.3, 0.4) is 0 Å². The normalized spacial score (nSPS) is 11.5. The van der Waals surface area contributed by atoms with Crippen LogP contribution in [0.2, 0.25) is 0 Å². The van der Waals surface area contributed by atoms with Crippen LogP contribution >= 0.6 is 11.6 Å². The number of halogens is 1. The van der Waals surface area contributed by atoms with E-state index in [2.05, 4.69) is 16.9 Å². The quantitative estimate of drug-likeness (QED) is 0.112. The Morgan fingerprint density at radius 1 is 0.750 bits per heavy atom. The summed E-state index contributed by atoms with van der Waals surface area (Å²) in [5, 5.41) is 3.04. The first-order valence-electron chi connectivity index (χ1n) is 11.1. The number of oxime groups is 1. The molecule has 0 saturated carbocycles. The van der Waals surface area contributed by atoms with Gasteiger partial charge >= 0.3 is 5.97 Å². The standard InChI is InChI=1S/C22H41ClN2O3/c1-4-5-6-7-8-9-10-11-12-13-14-15-16-17-18-19-20(26)28-24-21(23)22(27)25(2)3/h4-19H2,1-3H3. The van der Waals surface area contributed by atoms with Crippen LogP contribution in [0.5, 0.6) is 0 Å². The van der Waals surface area contributed by atoms with Crippen LogP contribution in [0.15, 0.2) is 5.16 Å². The van der Waals surface area contributed by atoms with Crippen molar-refractivity contribution in [2.45, 2.75) is 110 Å². The van der Waals surface area contributed by atoms with Crippen molar-refractivity contribution in [2.24, 2.45) is 5.16 Å².